The van der Waals surface area contributed by atoms with Gasteiger partial charge >= 0.3 is 6.18 Å². The monoisotopic (exact) mass is 510 g/mol. The molecule has 2 N–H and O–H groups in total. The van der Waals surface area contributed by atoms with E-state index in [0.717, 1.165) is 23.3 Å². The molecule has 0 saturated heterocycles. The van der Waals surface area contributed by atoms with E-state index in [4.69, 9.17) is 9.47 Å². The number of carbonyl (C=O) groups is 1. The number of amides is 1. The molecule has 0 spiro atoms. The lowest BCUT2D eigenvalue weighted by atomic mass is 10.0. The van der Waals surface area contributed by atoms with Crippen LogP contribution in [0.15, 0.2) is 72.8 Å². The fourth-order valence-electron chi connectivity index (χ4n) is 3.97. The number of methoxy groups -OCH3 is 2. The van der Waals surface area contributed by atoms with E-state index in [2.05, 4.69) is 10.3 Å². The highest BCUT2D eigenvalue weighted by Crippen LogP contribution is 2.33. The number of aromatic nitrogens is 1. The largest absolute Gasteiger partial charge is 0.496 e. The van der Waals surface area contributed by atoms with Gasteiger partial charge in [-0.15, -0.1) is 0 Å². The summed E-state index contributed by atoms with van der Waals surface area (Å²) in [7, 11) is 3.08. The maximum absolute atomic E-state index is 13.0. The summed E-state index contributed by atoms with van der Waals surface area (Å²) >= 11 is 0. The number of aliphatic hydroxyl groups is 1. The van der Waals surface area contributed by atoms with Gasteiger partial charge in [-0.2, -0.15) is 13.2 Å². The third kappa shape index (κ3) is 5.90. The summed E-state index contributed by atoms with van der Waals surface area (Å²) in [4.78, 5) is 17.6. The molecule has 1 amide bonds. The van der Waals surface area contributed by atoms with Gasteiger partial charge in [-0.05, 0) is 41.5 Å². The molecule has 0 unspecified atom stereocenters. The third-order valence-corrected chi connectivity index (χ3v) is 5.94. The molecule has 1 heterocycles. The molecule has 9 heteroatoms. The molecule has 1 aromatic heterocycles. The zero-order valence-corrected chi connectivity index (χ0v) is 20.2. The van der Waals surface area contributed by atoms with Crippen LogP contribution in [-0.2, 0) is 17.5 Å². The molecule has 3 aromatic carbocycles. The molecule has 0 fully saturated rings. The Morgan fingerprint density at radius 3 is 2.30 bits per heavy atom. The molecule has 0 radical (unpaired) electrons. The van der Waals surface area contributed by atoms with Crippen LogP contribution in [0.5, 0.6) is 5.75 Å². The normalized spacial score (nSPS) is 12.4. The summed E-state index contributed by atoms with van der Waals surface area (Å²) in [5.41, 5.74) is 2.57. The Morgan fingerprint density at radius 2 is 1.70 bits per heavy atom. The van der Waals surface area contributed by atoms with Crippen LogP contribution in [0.2, 0.25) is 0 Å². The first-order valence-corrected chi connectivity index (χ1v) is 11.4. The molecule has 4 aromatic rings. The summed E-state index contributed by atoms with van der Waals surface area (Å²) in [6.45, 7) is 0.158. The van der Waals surface area contributed by atoms with Crippen molar-refractivity contribution in [1.82, 2.24) is 10.3 Å². The van der Waals surface area contributed by atoms with Crippen molar-refractivity contribution in [2.75, 3.05) is 20.8 Å². The molecule has 0 aliphatic heterocycles. The fourth-order valence-corrected chi connectivity index (χ4v) is 3.97. The number of ether oxygens (including phenoxy) is 2. The summed E-state index contributed by atoms with van der Waals surface area (Å²) in [6, 6.07) is 18.0. The van der Waals surface area contributed by atoms with E-state index in [1.54, 1.807) is 31.4 Å². The van der Waals surface area contributed by atoms with Gasteiger partial charge in [0.25, 0.3) is 5.91 Å². The summed E-state index contributed by atoms with van der Waals surface area (Å²) in [5.74, 6) is 0.0545. The molecule has 1 atom stereocenters. The average Bonchev–Trinajstić information content (AvgIpc) is 2.91. The summed E-state index contributed by atoms with van der Waals surface area (Å²) in [5, 5.41) is 13.3. The van der Waals surface area contributed by atoms with E-state index in [-0.39, 0.29) is 6.61 Å². The number of rotatable bonds is 8. The van der Waals surface area contributed by atoms with Crippen LogP contribution < -0.4 is 10.1 Å². The van der Waals surface area contributed by atoms with Gasteiger partial charge in [0.05, 0.1) is 43.1 Å². The van der Waals surface area contributed by atoms with E-state index < -0.39 is 23.7 Å². The van der Waals surface area contributed by atoms with Gasteiger partial charge in [0.15, 0.2) is 0 Å². The van der Waals surface area contributed by atoms with Gasteiger partial charge in [-0.3, -0.25) is 4.79 Å². The summed E-state index contributed by atoms with van der Waals surface area (Å²) in [6.07, 6.45) is -4.44. The predicted molar refractivity (Wildman–Crippen MR) is 133 cm³/mol. The van der Waals surface area contributed by atoms with Crippen LogP contribution in [0.1, 0.15) is 33.1 Å². The zero-order valence-electron chi connectivity index (χ0n) is 20.2. The summed E-state index contributed by atoms with van der Waals surface area (Å²) < 4.78 is 49.4. The lowest BCUT2D eigenvalue weighted by molar-refractivity contribution is -0.137. The smallest absolute Gasteiger partial charge is 0.416 e. The predicted octanol–water partition coefficient (Wildman–Crippen LogP) is 5.54. The molecule has 6 nitrogen and oxygen atoms in total. The molecule has 0 saturated carbocycles. The van der Waals surface area contributed by atoms with E-state index in [1.165, 1.54) is 19.2 Å². The van der Waals surface area contributed by atoms with Gasteiger partial charge in [0, 0.05) is 29.7 Å². The molecule has 37 heavy (non-hydrogen) atoms. The highest BCUT2D eigenvalue weighted by molar-refractivity contribution is 5.99. The Kier molecular flexibility index (Phi) is 7.75. The molecule has 0 aliphatic carbocycles. The van der Waals surface area contributed by atoms with Crippen LogP contribution in [0.25, 0.3) is 22.2 Å². The third-order valence-electron chi connectivity index (χ3n) is 5.94. The highest BCUT2D eigenvalue weighted by atomic mass is 19.4. The van der Waals surface area contributed by atoms with E-state index in [0.29, 0.717) is 40.1 Å². The van der Waals surface area contributed by atoms with Crippen molar-refractivity contribution in [1.29, 1.82) is 0 Å². The van der Waals surface area contributed by atoms with E-state index >= 15 is 0 Å². The standard InChI is InChI=1S/C28H25F3N2O4/c1-36-16-17-3-5-19(6-4-17)25(15-34)33-27(35)20-9-12-22-24(13-20)32-23(14-26(22)37-2)18-7-10-21(11-8-18)28(29,30)31/h3-14,25,34H,15-16H2,1-2H3,(H,33,35)/t25-/m0/s1. The first-order valence-electron chi connectivity index (χ1n) is 11.4. The number of alkyl halides is 3. The van der Waals surface area contributed by atoms with Crippen molar-refractivity contribution in [2.24, 2.45) is 0 Å². The Bertz CT molecular complexity index is 1390. The number of nitrogens with one attached hydrogen (secondary N) is 1. The van der Waals surface area contributed by atoms with Crippen LogP contribution in [0.4, 0.5) is 13.2 Å². The van der Waals surface area contributed by atoms with Gasteiger partial charge in [-0.1, -0.05) is 36.4 Å². The minimum atomic E-state index is -4.44. The average molecular weight is 511 g/mol. The number of aliphatic hydroxyl groups excluding tert-OH is 1. The van der Waals surface area contributed by atoms with Crippen molar-refractivity contribution in [2.45, 2.75) is 18.8 Å². The van der Waals surface area contributed by atoms with Crippen molar-refractivity contribution in [3.63, 3.8) is 0 Å². The number of nitrogens with zero attached hydrogens (tertiary/aromatic N) is 1. The topological polar surface area (TPSA) is 80.7 Å². The number of hydrogen-bond acceptors (Lipinski definition) is 5. The lowest BCUT2D eigenvalue weighted by Gasteiger charge is -2.18. The second-order valence-electron chi connectivity index (χ2n) is 8.40. The second kappa shape index (κ2) is 11.0. The van der Waals surface area contributed by atoms with Gasteiger partial charge in [0.1, 0.15) is 5.75 Å². The van der Waals surface area contributed by atoms with Gasteiger partial charge in [-0.25, -0.2) is 4.98 Å². The van der Waals surface area contributed by atoms with Gasteiger partial charge < -0.3 is 19.9 Å². The van der Waals surface area contributed by atoms with Crippen molar-refractivity contribution < 1.29 is 32.5 Å². The van der Waals surface area contributed by atoms with Crippen LogP contribution >= 0.6 is 0 Å². The Labute approximate surface area is 211 Å². The first-order chi connectivity index (χ1) is 17.7. The fraction of sp³-hybridized carbons (Fsp3) is 0.214. The molecule has 4 rings (SSSR count). The molecular weight excluding hydrogens is 485 g/mol. The number of benzene rings is 3. The minimum absolute atomic E-state index is 0.299. The second-order valence-corrected chi connectivity index (χ2v) is 8.40. The Balaban J connectivity index is 1.62. The Hall–Kier alpha value is -3.95. The number of fused-ring (bicyclic) bond motifs is 1. The quantitative estimate of drug-likeness (QED) is 0.325. The zero-order chi connectivity index (χ0) is 26.6. The molecule has 192 valence electrons. The van der Waals surface area contributed by atoms with Gasteiger partial charge in [0.2, 0.25) is 0 Å². The highest BCUT2D eigenvalue weighted by Gasteiger charge is 2.30. The van der Waals surface area contributed by atoms with Crippen molar-refractivity contribution in [3.8, 4) is 17.0 Å². The number of carbonyl (C=O) groups excluding carboxylic acids is 1. The van der Waals surface area contributed by atoms with Crippen LogP contribution in [0, 0.1) is 0 Å². The molecular formula is C28H25F3N2O4. The molecule has 0 bridgehead atoms. The van der Waals surface area contributed by atoms with E-state index in [1.807, 2.05) is 24.3 Å². The number of hydrogen-bond donors (Lipinski definition) is 2. The lowest BCUT2D eigenvalue weighted by Crippen LogP contribution is -2.30. The number of pyridine rings is 1. The SMILES string of the molecule is COCc1ccc([C@H](CO)NC(=O)c2ccc3c(OC)cc(-c4ccc(C(F)(F)F)cc4)nc3c2)cc1. The maximum Gasteiger partial charge on any atom is 0.416 e. The Morgan fingerprint density at radius 1 is 1.00 bits per heavy atom. The minimum Gasteiger partial charge on any atom is -0.496 e. The molecule has 0 aliphatic rings. The van der Waals surface area contributed by atoms with Crippen molar-refractivity contribution >= 4 is 16.8 Å². The van der Waals surface area contributed by atoms with E-state index in [9.17, 15) is 23.1 Å². The van der Waals surface area contributed by atoms with Crippen molar-refractivity contribution in [3.05, 3.63) is 95.1 Å². The number of halogens is 3. The van der Waals surface area contributed by atoms with Crippen LogP contribution in [0.3, 0.4) is 0 Å². The first kappa shape index (κ1) is 26.1. The maximum atomic E-state index is 13.0. The van der Waals surface area contributed by atoms with Crippen LogP contribution in [-0.4, -0.2) is 36.8 Å².